The summed E-state index contributed by atoms with van der Waals surface area (Å²) in [5.74, 6) is -1.08. The van der Waals surface area contributed by atoms with Gasteiger partial charge in [-0.05, 0) is 36.5 Å². The molecule has 29 heavy (non-hydrogen) atoms. The molecular formula is C23H18N2O4. The Hall–Kier alpha value is -3.41. The molecule has 2 heterocycles. The van der Waals surface area contributed by atoms with E-state index in [1.807, 2.05) is 42.5 Å². The maximum atomic E-state index is 12.7. The van der Waals surface area contributed by atoms with Crippen molar-refractivity contribution < 1.29 is 18.8 Å². The molecule has 6 heteroatoms. The molecule has 1 saturated carbocycles. The number of anilines is 1. The van der Waals surface area contributed by atoms with Crippen molar-refractivity contribution in [3.8, 4) is 0 Å². The monoisotopic (exact) mass is 386 g/mol. The maximum absolute atomic E-state index is 12.7. The first-order chi connectivity index (χ1) is 14.1. The highest BCUT2D eigenvalue weighted by molar-refractivity contribution is 6.10. The van der Waals surface area contributed by atoms with Gasteiger partial charge in [-0.1, -0.05) is 30.4 Å². The third kappa shape index (κ3) is 2.32. The molecule has 4 atom stereocenters. The normalized spacial score (nSPS) is 27.4. The molecule has 2 aliphatic carbocycles. The fourth-order valence-corrected chi connectivity index (χ4v) is 5.27. The maximum Gasteiger partial charge on any atom is 0.244 e. The number of allylic oxidation sites excluding steroid dienone is 2. The predicted octanol–water partition coefficient (Wildman–Crippen LogP) is 3.33. The van der Waals surface area contributed by atoms with E-state index >= 15 is 0 Å². The number of hydrogen-bond donors (Lipinski definition) is 1. The van der Waals surface area contributed by atoms with E-state index in [1.165, 1.54) is 0 Å². The summed E-state index contributed by atoms with van der Waals surface area (Å²) < 4.78 is 5.85. The number of amides is 3. The van der Waals surface area contributed by atoms with E-state index in [9.17, 15) is 14.4 Å². The highest BCUT2D eigenvalue weighted by Crippen LogP contribution is 2.52. The summed E-state index contributed by atoms with van der Waals surface area (Å²) in [4.78, 5) is 39.1. The Labute approximate surface area is 166 Å². The average Bonchev–Trinajstić information content (AvgIpc) is 3.46. The van der Waals surface area contributed by atoms with E-state index in [0.29, 0.717) is 11.3 Å². The van der Waals surface area contributed by atoms with Gasteiger partial charge in [-0.25, -0.2) is 0 Å². The van der Waals surface area contributed by atoms with Gasteiger partial charge in [0.2, 0.25) is 17.7 Å². The Morgan fingerprint density at radius 3 is 2.41 bits per heavy atom. The van der Waals surface area contributed by atoms with Gasteiger partial charge in [0.25, 0.3) is 0 Å². The number of nitrogens with one attached hydrogen (secondary N) is 1. The van der Waals surface area contributed by atoms with Crippen LogP contribution in [-0.4, -0.2) is 29.2 Å². The minimum absolute atomic E-state index is 0.144. The molecular weight excluding hydrogens is 368 g/mol. The lowest BCUT2D eigenvalue weighted by molar-refractivity contribution is -0.143. The standard InChI is InChI=1S/C23H18N2O4/c26-19(11-25-22(27)20-12-5-6-13(9-12)21(20)23(25)28)24-14-7-8-16-15-3-1-2-4-17(15)29-18(16)10-14/h1-8,10,12-13,20-21H,9,11H2,(H,24,26). The molecule has 2 fully saturated rings. The number of carbonyl (C=O) groups is 3. The van der Waals surface area contributed by atoms with Crippen molar-refractivity contribution in [3.63, 3.8) is 0 Å². The highest BCUT2D eigenvalue weighted by Gasteiger charge is 2.59. The lowest BCUT2D eigenvalue weighted by Gasteiger charge is -2.16. The number of benzene rings is 2. The lowest BCUT2D eigenvalue weighted by Crippen LogP contribution is -2.39. The molecule has 1 aromatic heterocycles. The Balaban J connectivity index is 1.21. The quantitative estimate of drug-likeness (QED) is 0.553. The Morgan fingerprint density at radius 1 is 0.966 bits per heavy atom. The minimum Gasteiger partial charge on any atom is -0.456 e. The van der Waals surface area contributed by atoms with Gasteiger partial charge in [-0.3, -0.25) is 19.3 Å². The van der Waals surface area contributed by atoms with Crippen LogP contribution in [0.15, 0.2) is 59.0 Å². The number of hydrogen-bond acceptors (Lipinski definition) is 4. The number of nitrogens with zero attached hydrogens (tertiary/aromatic N) is 1. The van der Waals surface area contributed by atoms with Crippen molar-refractivity contribution >= 4 is 45.3 Å². The van der Waals surface area contributed by atoms with Crippen LogP contribution < -0.4 is 5.32 Å². The van der Waals surface area contributed by atoms with Gasteiger partial charge in [0.15, 0.2) is 0 Å². The third-order valence-electron chi connectivity index (χ3n) is 6.53. The van der Waals surface area contributed by atoms with Crippen molar-refractivity contribution in [1.82, 2.24) is 4.90 Å². The van der Waals surface area contributed by atoms with Crippen LogP contribution in [0.25, 0.3) is 21.9 Å². The lowest BCUT2D eigenvalue weighted by atomic mass is 9.85. The first-order valence-electron chi connectivity index (χ1n) is 9.85. The summed E-state index contributed by atoms with van der Waals surface area (Å²) in [7, 11) is 0. The Bertz CT molecular complexity index is 1210. The third-order valence-corrected chi connectivity index (χ3v) is 6.53. The molecule has 144 valence electrons. The van der Waals surface area contributed by atoms with Crippen LogP contribution in [-0.2, 0) is 14.4 Å². The molecule has 3 amide bonds. The van der Waals surface area contributed by atoms with Crippen LogP contribution in [0.1, 0.15) is 6.42 Å². The van der Waals surface area contributed by atoms with Crippen LogP contribution in [0.5, 0.6) is 0 Å². The second-order valence-corrected chi connectivity index (χ2v) is 8.12. The number of likely N-dealkylation sites (tertiary alicyclic amines) is 1. The molecule has 1 N–H and O–H groups in total. The summed E-state index contributed by atoms with van der Waals surface area (Å²) in [6, 6.07) is 13.2. The topological polar surface area (TPSA) is 79.6 Å². The molecule has 1 saturated heterocycles. The predicted molar refractivity (Wildman–Crippen MR) is 107 cm³/mol. The largest absolute Gasteiger partial charge is 0.456 e. The SMILES string of the molecule is O=C(CN1C(=O)C2C3C=CC(C3)C2C1=O)Nc1ccc2c(c1)oc1ccccc12. The van der Waals surface area contributed by atoms with Crippen LogP contribution in [0.2, 0.25) is 0 Å². The number of imide groups is 1. The van der Waals surface area contributed by atoms with Crippen LogP contribution in [0.3, 0.4) is 0 Å². The van der Waals surface area contributed by atoms with Gasteiger partial charge in [-0.15, -0.1) is 0 Å². The van der Waals surface area contributed by atoms with Crippen molar-refractivity contribution in [3.05, 3.63) is 54.6 Å². The number of fused-ring (bicyclic) bond motifs is 8. The highest BCUT2D eigenvalue weighted by atomic mass is 16.3. The number of furan rings is 1. The summed E-state index contributed by atoms with van der Waals surface area (Å²) in [6.07, 6.45) is 4.97. The van der Waals surface area contributed by atoms with E-state index < -0.39 is 0 Å². The molecule has 3 aromatic rings. The zero-order chi connectivity index (χ0) is 19.7. The van der Waals surface area contributed by atoms with Crippen molar-refractivity contribution in [2.45, 2.75) is 6.42 Å². The molecule has 2 aromatic carbocycles. The number of para-hydroxylation sites is 1. The fraction of sp³-hybridized carbons (Fsp3) is 0.261. The average molecular weight is 386 g/mol. The van der Waals surface area contributed by atoms with Gasteiger partial charge >= 0.3 is 0 Å². The Kier molecular flexibility index (Phi) is 3.30. The van der Waals surface area contributed by atoms with E-state index in [0.717, 1.165) is 27.7 Å². The molecule has 6 rings (SSSR count). The van der Waals surface area contributed by atoms with Crippen molar-refractivity contribution in [1.29, 1.82) is 0 Å². The zero-order valence-corrected chi connectivity index (χ0v) is 15.5. The fourth-order valence-electron chi connectivity index (χ4n) is 5.27. The second-order valence-electron chi connectivity index (χ2n) is 8.12. The summed E-state index contributed by atoms with van der Waals surface area (Å²) in [6.45, 7) is -0.248. The molecule has 3 aliphatic rings. The molecule has 2 bridgehead atoms. The summed E-state index contributed by atoms with van der Waals surface area (Å²) >= 11 is 0. The van der Waals surface area contributed by atoms with Gasteiger partial charge in [0, 0.05) is 22.5 Å². The smallest absolute Gasteiger partial charge is 0.244 e. The van der Waals surface area contributed by atoms with Crippen LogP contribution in [0.4, 0.5) is 5.69 Å². The first-order valence-corrected chi connectivity index (χ1v) is 9.85. The minimum atomic E-state index is -0.387. The van der Waals surface area contributed by atoms with Gasteiger partial charge in [0.1, 0.15) is 17.7 Å². The van der Waals surface area contributed by atoms with E-state index in [1.54, 1.807) is 12.1 Å². The van der Waals surface area contributed by atoms with E-state index in [2.05, 4.69) is 5.32 Å². The molecule has 1 aliphatic heterocycles. The summed E-state index contributed by atoms with van der Waals surface area (Å²) in [5, 5.41) is 4.78. The second kappa shape index (κ2) is 5.80. The zero-order valence-electron chi connectivity index (χ0n) is 15.5. The van der Waals surface area contributed by atoms with Crippen molar-refractivity contribution in [2.24, 2.45) is 23.7 Å². The number of carbonyl (C=O) groups excluding carboxylic acids is 3. The van der Waals surface area contributed by atoms with E-state index in [-0.39, 0.29) is 47.9 Å². The van der Waals surface area contributed by atoms with E-state index in [4.69, 9.17) is 4.42 Å². The number of rotatable bonds is 3. The van der Waals surface area contributed by atoms with Crippen molar-refractivity contribution in [2.75, 3.05) is 11.9 Å². The summed E-state index contributed by atoms with van der Waals surface area (Å²) in [5.41, 5.74) is 2.03. The Morgan fingerprint density at radius 2 is 1.66 bits per heavy atom. The van der Waals surface area contributed by atoms with Gasteiger partial charge in [-0.2, -0.15) is 0 Å². The van der Waals surface area contributed by atoms with Gasteiger partial charge < -0.3 is 9.73 Å². The molecule has 6 nitrogen and oxygen atoms in total. The van der Waals surface area contributed by atoms with Gasteiger partial charge in [0.05, 0.1) is 11.8 Å². The van der Waals surface area contributed by atoms with Crippen LogP contribution >= 0.6 is 0 Å². The molecule has 0 radical (unpaired) electrons. The van der Waals surface area contributed by atoms with Crippen LogP contribution in [0, 0.1) is 23.7 Å². The molecule has 4 unspecified atom stereocenters. The first kappa shape index (κ1) is 16.5. The molecule has 0 spiro atoms.